The van der Waals surface area contributed by atoms with Crippen LogP contribution in [0.25, 0.3) is 22.3 Å². The highest BCUT2D eigenvalue weighted by molar-refractivity contribution is 6.31. The molecule has 4 rings (SSSR count). The van der Waals surface area contributed by atoms with Crippen LogP contribution < -0.4 is 0 Å². The summed E-state index contributed by atoms with van der Waals surface area (Å²) in [7, 11) is 0. The molecule has 0 bridgehead atoms. The average Bonchev–Trinajstić information content (AvgIpc) is 2.84. The summed E-state index contributed by atoms with van der Waals surface area (Å²) in [6, 6.07) is 12.0. The van der Waals surface area contributed by atoms with Gasteiger partial charge in [0.25, 0.3) is 0 Å². The van der Waals surface area contributed by atoms with E-state index in [4.69, 9.17) is 23.2 Å². The largest absolute Gasteiger partial charge is 0.384 e. The molecule has 0 amide bonds. The van der Waals surface area contributed by atoms with Crippen LogP contribution in [-0.2, 0) is 0 Å². The second kappa shape index (κ2) is 11.6. The van der Waals surface area contributed by atoms with Gasteiger partial charge in [0.1, 0.15) is 11.6 Å². The number of aromatic nitrogens is 2. The number of aldehydes is 1. The van der Waals surface area contributed by atoms with Crippen molar-refractivity contribution in [3.05, 3.63) is 119 Å². The number of pyridine rings is 2. The summed E-state index contributed by atoms with van der Waals surface area (Å²) in [6.07, 6.45) is 7.08. The predicted molar refractivity (Wildman–Crippen MR) is 130 cm³/mol. The molecule has 172 valence electrons. The van der Waals surface area contributed by atoms with Crippen LogP contribution in [0.15, 0.2) is 86.0 Å². The minimum Gasteiger partial charge on any atom is -0.384 e. The van der Waals surface area contributed by atoms with Gasteiger partial charge in [-0.05, 0) is 59.7 Å². The van der Waals surface area contributed by atoms with E-state index in [9.17, 15) is 18.7 Å². The Hall–Kier alpha value is -3.45. The maximum Gasteiger partial charge on any atom is 0.152 e. The first-order valence-electron chi connectivity index (χ1n) is 9.90. The van der Waals surface area contributed by atoms with E-state index in [-0.39, 0.29) is 0 Å². The smallest absolute Gasteiger partial charge is 0.152 e. The van der Waals surface area contributed by atoms with Crippen LogP contribution in [0.1, 0.15) is 22.0 Å². The van der Waals surface area contributed by atoms with Gasteiger partial charge in [-0.15, -0.1) is 6.58 Å². The number of hydrogen-bond acceptors (Lipinski definition) is 4. The quantitative estimate of drug-likeness (QED) is 0.235. The van der Waals surface area contributed by atoms with E-state index in [2.05, 4.69) is 16.5 Å². The first-order chi connectivity index (χ1) is 16.3. The SMILES string of the molecule is C=CC(O)c1cnccc1-c1ccc(Cl)cc1F.O=Cc1cnccc1-c1ccc(Cl)cc1F. The Balaban J connectivity index is 0.000000192. The van der Waals surface area contributed by atoms with Crippen LogP contribution in [0.2, 0.25) is 10.0 Å². The fourth-order valence-electron chi connectivity index (χ4n) is 3.18. The van der Waals surface area contributed by atoms with E-state index in [1.165, 1.54) is 36.8 Å². The van der Waals surface area contributed by atoms with Gasteiger partial charge < -0.3 is 5.11 Å². The molecule has 4 nitrogen and oxygen atoms in total. The molecule has 2 aromatic carbocycles. The zero-order valence-electron chi connectivity index (χ0n) is 17.6. The van der Waals surface area contributed by atoms with Crippen molar-refractivity contribution in [1.29, 1.82) is 0 Å². The van der Waals surface area contributed by atoms with Crippen molar-refractivity contribution >= 4 is 29.5 Å². The first kappa shape index (κ1) is 25.2. The molecule has 0 aliphatic carbocycles. The lowest BCUT2D eigenvalue weighted by molar-refractivity contribution is 0.112. The minimum atomic E-state index is -0.885. The monoisotopic (exact) mass is 498 g/mol. The van der Waals surface area contributed by atoms with Crippen molar-refractivity contribution in [2.45, 2.75) is 6.10 Å². The summed E-state index contributed by atoms with van der Waals surface area (Å²) < 4.78 is 27.5. The zero-order chi connectivity index (χ0) is 24.7. The molecule has 8 heteroatoms. The lowest BCUT2D eigenvalue weighted by Crippen LogP contribution is -1.98. The molecule has 2 heterocycles. The molecule has 2 aromatic heterocycles. The number of nitrogens with zero attached hydrogens (tertiary/aromatic N) is 2. The average molecular weight is 499 g/mol. The second-order valence-electron chi connectivity index (χ2n) is 6.97. The topological polar surface area (TPSA) is 63.1 Å². The molecule has 0 fully saturated rings. The molecule has 34 heavy (non-hydrogen) atoms. The summed E-state index contributed by atoms with van der Waals surface area (Å²) in [5, 5.41) is 10.5. The Morgan fingerprint density at radius 3 is 1.88 bits per heavy atom. The van der Waals surface area contributed by atoms with Gasteiger partial charge in [0.05, 0.1) is 6.10 Å². The maximum atomic E-state index is 13.9. The molecular formula is C26H18Cl2F2N2O2. The van der Waals surface area contributed by atoms with Gasteiger partial charge in [-0.3, -0.25) is 14.8 Å². The molecular weight excluding hydrogens is 481 g/mol. The van der Waals surface area contributed by atoms with Crippen molar-refractivity contribution in [3.63, 3.8) is 0 Å². The van der Waals surface area contributed by atoms with Crippen LogP contribution in [0.5, 0.6) is 0 Å². The molecule has 1 atom stereocenters. The second-order valence-corrected chi connectivity index (χ2v) is 7.85. The van der Waals surface area contributed by atoms with Crippen molar-refractivity contribution in [2.75, 3.05) is 0 Å². The Bertz CT molecular complexity index is 1330. The molecule has 4 aromatic rings. The molecule has 1 N–H and O–H groups in total. The zero-order valence-corrected chi connectivity index (χ0v) is 19.1. The molecule has 0 saturated heterocycles. The summed E-state index contributed by atoms with van der Waals surface area (Å²) in [5.74, 6) is -0.895. The predicted octanol–water partition coefficient (Wildman–Crippen LogP) is 7.11. The molecule has 0 spiro atoms. The number of rotatable bonds is 5. The third kappa shape index (κ3) is 5.91. The van der Waals surface area contributed by atoms with E-state index in [0.29, 0.717) is 49.7 Å². The van der Waals surface area contributed by atoms with E-state index in [1.54, 1.807) is 42.6 Å². The molecule has 0 radical (unpaired) electrons. The van der Waals surface area contributed by atoms with Gasteiger partial charge in [0, 0.05) is 57.1 Å². The summed E-state index contributed by atoms with van der Waals surface area (Å²) >= 11 is 11.4. The molecule has 0 aliphatic heterocycles. The number of hydrogen-bond donors (Lipinski definition) is 1. The van der Waals surface area contributed by atoms with E-state index in [0.717, 1.165) is 0 Å². The van der Waals surface area contributed by atoms with Gasteiger partial charge in [-0.25, -0.2) is 8.78 Å². The van der Waals surface area contributed by atoms with Gasteiger partial charge >= 0.3 is 0 Å². The molecule has 0 aliphatic rings. The van der Waals surface area contributed by atoms with Gasteiger partial charge in [-0.2, -0.15) is 0 Å². The number of aliphatic hydroxyl groups excluding tert-OH is 1. The number of aliphatic hydroxyl groups is 1. The standard InChI is InChI=1S/C14H11ClFNO.C12H7ClFNO/c1-2-14(18)12-8-17-6-5-10(12)11-4-3-9(15)7-13(11)16;13-9-1-2-11(12(14)5-9)10-3-4-15-6-8(10)7-16/h2-8,14,18H,1H2;1-7H. The Morgan fingerprint density at radius 2 is 1.35 bits per heavy atom. The van der Waals surface area contributed by atoms with Crippen molar-refractivity contribution < 1.29 is 18.7 Å². The number of halogens is 4. The summed E-state index contributed by atoms with van der Waals surface area (Å²) in [6.45, 7) is 3.52. The fraction of sp³-hybridized carbons (Fsp3) is 0.0385. The van der Waals surface area contributed by atoms with Crippen LogP contribution in [-0.4, -0.2) is 21.4 Å². The normalized spacial score (nSPS) is 11.2. The Morgan fingerprint density at radius 1 is 0.824 bits per heavy atom. The van der Waals surface area contributed by atoms with Crippen molar-refractivity contribution in [3.8, 4) is 22.3 Å². The van der Waals surface area contributed by atoms with Crippen molar-refractivity contribution in [1.82, 2.24) is 9.97 Å². The van der Waals surface area contributed by atoms with E-state index >= 15 is 0 Å². The minimum absolute atomic E-state index is 0.322. The highest BCUT2D eigenvalue weighted by Gasteiger charge is 2.14. The van der Waals surface area contributed by atoms with Gasteiger partial charge in [0.15, 0.2) is 6.29 Å². The van der Waals surface area contributed by atoms with Crippen LogP contribution in [0.3, 0.4) is 0 Å². The number of carbonyl (C=O) groups excluding carboxylic acids is 1. The Labute approximate surface area is 205 Å². The number of benzene rings is 2. The fourth-order valence-corrected chi connectivity index (χ4v) is 3.49. The third-order valence-electron chi connectivity index (χ3n) is 4.82. The van der Waals surface area contributed by atoms with Crippen LogP contribution >= 0.6 is 23.2 Å². The van der Waals surface area contributed by atoms with E-state index in [1.807, 2.05) is 0 Å². The van der Waals surface area contributed by atoms with Gasteiger partial charge in [0.2, 0.25) is 0 Å². The summed E-state index contributed by atoms with van der Waals surface area (Å²) in [5.41, 5.74) is 2.66. The lowest BCUT2D eigenvalue weighted by atomic mass is 9.98. The highest BCUT2D eigenvalue weighted by Crippen LogP contribution is 2.31. The van der Waals surface area contributed by atoms with Crippen molar-refractivity contribution in [2.24, 2.45) is 0 Å². The Kier molecular flexibility index (Phi) is 8.60. The number of carbonyl (C=O) groups is 1. The third-order valence-corrected chi connectivity index (χ3v) is 5.29. The van der Waals surface area contributed by atoms with E-state index < -0.39 is 17.7 Å². The summed E-state index contributed by atoms with van der Waals surface area (Å²) in [4.78, 5) is 18.5. The van der Waals surface area contributed by atoms with Crippen LogP contribution in [0, 0.1) is 11.6 Å². The highest BCUT2D eigenvalue weighted by atomic mass is 35.5. The molecule has 1 unspecified atom stereocenters. The lowest BCUT2D eigenvalue weighted by Gasteiger charge is -2.12. The molecule has 0 saturated carbocycles. The van der Waals surface area contributed by atoms with Gasteiger partial charge in [-0.1, -0.05) is 29.3 Å². The first-order valence-corrected chi connectivity index (χ1v) is 10.7. The van der Waals surface area contributed by atoms with Crippen LogP contribution in [0.4, 0.5) is 8.78 Å². The maximum absolute atomic E-state index is 13.9.